The molecule has 1 aromatic heterocycles. The third-order valence-electron chi connectivity index (χ3n) is 9.66. The predicted molar refractivity (Wildman–Crippen MR) is 146 cm³/mol. The number of carbonyl (C=O) groups excluding carboxylic acids is 2. The van der Waals surface area contributed by atoms with E-state index in [1.54, 1.807) is 12.4 Å². The molecule has 4 N–H and O–H groups in total. The zero-order valence-electron chi connectivity index (χ0n) is 22.9. The number of aromatic nitrogens is 2. The molecular weight excluding hydrogens is 480 g/mol. The third-order valence-corrected chi connectivity index (χ3v) is 9.66. The zero-order valence-corrected chi connectivity index (χ0v) is 22.9. The number of nitrogens with one attached hydrogen (secondary N) is 2. The van der Waals surface area contributed by atoms with E-state index >= 15 is 0 Å². The van der Waals surface area contributed by atoms with Crippen molar-refractivity contribution < 1.29 is 9.59 Å². The number of amides is 2. The molecule has 4 heterocycles. The minimum absolute atomic E-state index is 0.000246. The van der Waals surface area contributed by atoms with Gasteiger partial charge in [0.05, 0.1) is 13.1 Å². The Bertz CT molecular complexity index is 944. The Kier molecular flexibility index (Phi) is 8.67. The molecule has 3 aliphatic heterocycles. The van der Waals surface area contributed by atoms with E-state index in [0.29, 0.717) is 26.2 Å². The first-order chi connectivity index (χ1) is 18.4. The number of likely N-dealkylation sites (tertiary alicyclic amines) is 3. The molecule has 1 saturated carbocycles. The molecule has 5 rings (SSSR count). The van der Waals surface area contributed by atoms with E-state index < -0.39 is 0 Å². The van der Waals surface area contributed by atoms with E-state index in [1.165, 1.54) is 58.0 Å². The number of hydrogen-bond donors (Lipinski definition) is 3. The van der Waals surface area contributed by atoms with Crippen LogP contribution in [0.2, 0.25) is 0 Å². The van der Waals surface area contributed by atoms with E-state index in [0.717, 1.165) is 44.2 Å². The Morgan fingerprint density at radius 2 is 1.68 bits per heavy atom. The molecule has 0 unspecified atom stereocenters. The highest BCUT2D eigenvalue weighted by Gasteiger charge is 2.43. The molecule has 1 aromatic rings. The van der Waals surface area contributed by atoms with Gasteiger partial charge in [0, 0.05) is 50.7 Å². The second-order valence-electron chi connectivity index (χ2n) is 12.1. The number of aromatic amines is 1. The molecule has 0 radical (unpaired) electrons. The lowest BCUT2D eigenvalue weighted by Gasteiger charge is -2.43. The molecule has 10 nitrogen and oxygen atoms in total. The maximum Gasteiger partial charge on any atom is 0.232 e. The number of H-pyrrole nitrogens is 1. The van der Waals surface area contributed by atoms with Gasteiger partial charge in [-0.1, -0.05) is 19.3 Å². The highest BCUT2D eigenvalue weighted by atomic mass is 16.2. The van der Waals surface area contributed by atoms with E-state index in [4.69, 9.17) is 11.1 Å². The lowest BCUT2D eigenvalue weighted by Crippen LogP contribution is -2.49. The first-order valence-corrected chi connectivity index (χ1v) is 14.8. The van der Waals surface area contributed by atoms with Crippen molar-refractivity contribution in [3.8, 4) is 0 Å². The molecule has 10 heteroatoms. The van der Waals surface area contributed by atoms with Crippen LogP contribution in [0.25, 0.3) is 0 Å². The molecule has 38 heavy (non-hydrogen) atoms. The lowest BCUT2D eigenvalue weighted by molar-refractivity contribution is -0.141. The molecule has 1 spiro atoms. The number of hydrogen-bond acceptors (Lipinski definition) is 6. The maximum absolute atomic E-state index is 13.1. The number of amidine groups is 1. The quantitative estimate of drug-likeness (QED) is 0.271. The SMILES string of the molecule is N=C(N)CN(Cc1ncc[nH]1)C1CCN(C(=O)CC(=O)N2CCC3(CCN(C4CCCCC4)CC3)C2)CC1. The summed E-state index contributed by atoms with van der Waals surface area (Å²) in [7, 11) is 0. The second-order valence-corrected chi connectivity index (χ2v) is 12.1. The summed E-state index contributed by atoms with van der Waals surface area (Å²) in [6.07, 6.45) is 15.4. The van der Waals surface area contributed by atoms with Crippen LogP contribution in [0.5, 0.6) is 0 Å². The van der Waals surface area contributed by atoms with Crippen LogP contribution in [0.4, 0.5) is 0 Å². The fourth-order valence-electron chi connectivity index (χ4n) is 7.31. The number of rotatable bonds is 8. The predicted octanol–water partition coefficient (Wildman–Crippen LogP) is 2.18. The van der Waals surface area contributed by atoms with Gasteiger partial charge >= 0.3 is 0 Å². The Balaban J connectivity index is 1.06. The van der Waals surface area contributed by atoms with Gasteiger partial charge in [0.15, 0.2) is 0 Å². The van der Waals surface area contributed by atoms with Crippen molar-refractivity contribution in [1.82, 2.24) is 29.6 Å². The van der Waals surface area contributed by atoms with E-state index in [-0.39, 0.29) is 35.5 Å². The standard InChI is InChI=1S/C28H46N8O2/c29-24(30)19-36(20-25-31-11-12-32-25)23-6-13-34(14-7-23)26(37)18-27(38)35-17-10-28(21-35)8-15-33(16-9-28)22-4-2-1-3-5-22/h11-12,22-23H,1-10,13-21H2,(H3,29,30)(H,31,32). The Hall–Kier alpha value is -2.46. The number of carbonyl (C=O) groups is 2. The van der Waals surface area contributed by atoms with Crippen molar-refractivity contribution in [3.63, 3.8) is 0 Å². The van der Waals surface area contributed by atoms with Gasteiger partial charge in [0.2, 0.25) is 11.8 Å². The summed E-state index contributed by atoms with van der Waals surface area (Å²) in [6.45, 7) is 6.19. The minimum Gasteiger partial charge on any atom is -0.387 e. The molecule has 0 bridgehead atoms. The summed E-state index contributed by atoms with van der Waals surface area (Å²) in [4.78, 5) is 42.3. The first-order valence-electron chi connectivity index (χ1n) is 14.8. The topological polar surface area (TPSA) is 126 Å². The van der Waals surface area contributed by atoms with Crippen LogP contribution < -0.4 is 5.73 Å². The van der Waals surface area contributed by atoms with Gasteiger partial charge in [-0.3, -0.25) is 19.9 Å². The summed E-state index contributed by atoms with van der Waals surface area (Å²) in [5.74, 6) is 0.924. The van der Waals surface area contributed by atoms with Gasteiger partial charge in [-0.05, 0) is 63.5 Å². The molecule has 0 atom stereocenters. The minimum atomic E-state index is -0.0503. The van der Waals surface area contributed by atoms with E-state index in [1.807, 2.05) is 9.80 Å². The smallest absolute Gasteiger partial charge is 0.232 e. The van der Waals surface area contributed by atoms with E-state index in [9.17, 15) is 9.59 Å². The number of nitrogens with two attached hydrogens (primary N) is 1. The Morgan fingerprint density at radius 3 is 2.34 bits per heavy atom. The van der Waals surface area contributed by atoms with Crippen LogP contribution in [0.15, 0.2) is 12.4 Å². The molecule has 2 amide bonds. The fourth-order valence-corrected chi connectivity index (χ4v) is 7.31. The average Bonchev–Trinajstić information content (AvgIpc) is 3.60. The van der Waals surface area contributed by atoms with Crippen LogP contribution in [0.3, 0.4) is 0 Å². The normalized spacial score (nSPS) is 23.4. The maximum atomic E-state index is 13.1. The molecule has 1 aliphatic carbocycles. The Labute approximate surface area is 226 Å². The van der Waals surface area contributed by atoms with Crippen molar-refractivity contribution in [1.29, 1.82) is 5.41 Å². The summed E-state index contributed by atoms with van der Waals surface area (Å²) >= 11 is 0. The van der Waals surface area contributed by atoms with Crippen LogP contribution in [-0.4, -0.2) is 105 Å². The van der Waals surface area contributed by atoms with Crippen molar-refractivity contribution in [3.05, 3.63) is 18.2 Å². The van der Waals surface area contributed by atoms with Crippen molar-refractivity contribution in [2.45, 2.75) is 89.3 Å². The van der Waals surface area contributed by atoms with Crippen LogP contribution in [-0.2, 0) is 16.1 Å². The monoisotopic (exact) mass is 526 g/mol. The van der Waals surface area contributed by atoms with Crippen molar-refractivity contribution in [2.75, 3.05) is 45.8 Å². The summed E-state index contributed by atoms with van der Waals surface area (Å²) < 4.78 is 0. The summed E-state index contributed by atoms with van der Waals surface area (Å²) in [6, 6.07) is 1.00. The third kappa shape index (κ3) is 6.57. The molecule has 4 fully saturated rings. The fraction of sp³-hybridized carbons (Fsp3) is 0.786. The van der Waals surface area contributed by atoms with Gasteiger partial charge in [-0.2, -0.15) is 0 Å². The molecular formula is C28H46N8O2. The van der Waals surface area contributed by atoms with Gasteiger partial charge in [0.1, 0.15) is 18.1 Å². The average molecular weight is 527 g/mol. The van der Waals surface area contributed by atoms with E-state index in [2.05, 4.69) is 19.8 Å². The van der Waals surface area contributed by atoms with Gasteiger partial charge in [-0.15, -0.1) is 0 Å². The summed E-state index contributed by atoms with van der Waals surface area (Å²) in [5, 5.41) is 7.76. The van der Waals surface area contributed by atoms with Gasteiger partial charge in [-0.25, -0.2) is 4.98 Å². The number of piperidine rings is 2. The lowest BCUT2D eigenvalue weighted by atomic mass is 9.77. The summed E-state index contributed by atoms with van der Waals surface area (Å²) in [5.41, 5.74) is 5.97. The molecule has 4 aliphatic rings. The van der Waals surface area contributed by atoms with Crippen molar-refractivity contribution in [2.24, 2.45) is 11.1 Å². The second kappa shape index (κ2) is 12.2. The highest BCUT2D eigenvalue weighted by molar-refractivity contribution is 5.97. The van der Waals surface area contributed by atoms with Crippen LogP contribution >= 0.6 is 0 Å². The molecule has 210 valence electrons. The van der Waals surface area contributed by atoms with Crippen LogP contribution in [0.1, 0.15) is 76.5 Å². The highest BCUT2D eigenvalue weighted by Crippen LogP contribution is 2.42. The van der Waals surface area contributed by atoms with Crippen LogP contribution in [0, 0.1) is 10.8 Å². The zero-order chi connectivity index (χ0) is 26.5. The Morgan fingerprint density at radius 1 is 1.00 bits per heavy atom. The van der Waals surface area contributed by atoms with Gasteiger partial charge < -0.3 is 25.4 Å². The van der Waals surface area contributed by atoms with Gasteiger partial charge in [0.25, 0.3) is 0 Å². The number of imidazole rings is 1. The molecule has 0 aromatic carbocycles. The first kappa shape index (κ1) is 27.1. The molecule has 3 saturated heterocycles. The largest absolute Gasteiger partial charge is 0.387 e. The van der Waals surface area contributed by atoms with Crippen molar-refractivity contribution >= 4 is 17.6 Å². The number of nitrogens with zero attached hydrogens (tertiary/aromatic N) is 5.